The highest BCUT2D eigenvalue weighted by Crippen LogP contribution is 2.30. The number of aliphatic carboxylic acids is 1. The number of carbonyl (C=O) groups is 1. The summed E-state index contributed by atoms with van der Waals surface area (Å²) in [6.07, 6.45) is 4.25. The van der Waals surface area contributed by atoms with E-state index in [9.17, 15) is 14.9 Å². The molecule has 1 aliphatic carbocycles. The van der Waals surface area contributed by atoms with E-state index in [4.69, 9.17) is 16.7 Å². The number of carboxylic acid groups (broad SMARTS) is 1. The van der Waals surface area contributed by atoms with Crippen LogP contribution in [0.5, 0.6) is 0 Å². The molecular weight excluding hydrogens is 298 g/mol. The second kappa shape index (κ2) is 6.71. The molecule has 1 aliphatic rings. The zero-order valence-electron chi connectivity index (χ0n) is 11.3. The number of halogens is 1. The molecule has 0 aromatic carbocycles. The van der Waals surface area contributed by atoms with Gasteiger partial charge in [0, 0.05) is 18.8 Å². The Morgan fingerprint density at radius 2 is 2.14 bits per heavy atom. The van der Waals surface area contributed by atoms with Gasteiger partial charge < -0.3 is 10.4 Å². The van der Waals surface area contributed by atoms with Crippen molar-refractivity contribution in [2.75, 3.05) is 11.9 Å². The van der Waals surface area contributed by atoms with E-state index in [-0.39, 0.29) is 22.4 Å². The van der Waals surface area contributed by atoms with Crippen molar-refractivity contribution in [3.8, 4) is 0 Å². The third-order valence-electron chi connectivity index (χ3n) is 3.79. The number of hydrogen-bond acceptors (Lipinski definition) is 5. The van der Waals surface area contributed by atoms with Crippen LogP contribution in [0.1, 0.15) is 25.7 Å². The molecule has 0 unspecified atom stereocenters. The van der Waals surface area contributed by atoms with Crippen LogP contribution in [0.3, 0.4) is 0 Å². The van der Waals surface area contributed by atoms with E-state index in [1.54, 1.807) is 0 Å². The smallest absolute Gasteiger partial charge is 0.312 e. The van der Waals surface area contributed by atoms with Crippen LogP contribution < -0.4 is 5.32 Å². The van der Waals surface area contributed by atoms with Gasteiger partial charge in [0.1, 0.15) is 0 Å². The van der Waals surface area contributed by atoms with Crippen molar-refractivity contribution >= 4 is 29.1 Å². The van der Waals surface area contributed by atoms with Crippen LogP contribution in [0.4, 0.5) is 11.5 Å². The van der Waals surface area contributed by atoms with E-state index >= 15 is 0 Å². The summed E-state index contributed by atoms with van der Waals surface area (Å²) in [6, 6.07) is 1.26. The van der Waals surface area contributed by atoms with Crippen molar-refractivity contribution in [2.45, 2.75) is 25.7 Å². The average Bonchev–Trinajstić information content (AvgIpc) is 2.46. The molecule has 1 heterocycles. The van der Waals surface area contributed by atoms with E-state index in [0.29, 0.717) is 25.3 Å². The van der Waals surface area contributed by atoms with E-state index in [1.165, 1.54) is 12.3 Å². The van der Waals surface area contributed by atoms with Gasteiger partial charge in [-0.15, -0.1) is 0 Å². The zero-order valence-corrected chi connectivity index (χ0v) is 12.0. The zero-order chi connectivity index (χ0) is 15.4. The van der Waals surface area contributed by atoms with Crippen molar-refractivity contribution in [3.05, 3.63) is 27.4 Å². The molecule has 1 fully saturated rings. The number of anilines is 1. The van der Waals surface area contributed by atoms with Gasteiger partial charge in [-0.25, -0.2) is 4.98 Å². The number of carboxylic acids is 1. The van der Waals surface area contributed by atoms with E-state index in [1.807, 2.05) is 0 Å². The molecule has 1 aromatic rings. The van der Waals surface area contributed by atoms with Gasteiger partial charge >= 0.3 is 11.7 Å². The molecule has 2 N–H and O–H groups in total. The molecule has 1 aromatic heterocycles. The fourth-order valence-electron chi connectivity index (χ4n) is 2.56. The van der Waals surface area contributed by atoms with Crippen molar-refractivity contribution < 1.29 is 14.8 Å². The molecule has 0 amide bonds. The third-order valence-corrected chi connectivity index (χ3v) is 3.99. The predicted octanol–water partition coefficient (Wildman–Crippen LogP) is 2.95. The van der Waals surface area contributed by atoms with Crippen LogP contribution in [0.25, 0.3) is 0 Å². The monoisotopic (exact) mass is 313 g/mol. The molecule has 7 nitrogen and oxygen atoms in total. The minimum atomic E-state index is -0.739. The number of pyridine rings is 1. The minimum absolute atomic E-state index is 0.151. The first-order chi connectivity index (χ1) is 9.97. The van der Waals surface area contributed by atoms with Crippen molar-refractivity contribution in [2.24, 2.45) is 11.8 Å². The van der Waals surface area contributed by atoms with Gasteiger partial charge in [0.25, 0.3) is 0 Å². The first kappa shape index (κ1) is 15.5. The maximum atomic E-state index is 10.9. The highest BCUT2D eigenvalue weighted by Gasteiger charge is 2.26. The molecule has 0 bridgehead atoms. The Morgan fingerprint density at radius 3 is 2.71 bits per heavy atom. The standard InChI is InChI=1S/C13H16ClN3O4/c14-10-5-11(17(20)21)12(16-7-10)15-6-8-1-3-9(4-2-8)13(18)19/h5,7-9H,1-4,6H2,(H,15,16)(H,18,19). The Kier molecular flexibility index (Phi) is 4.95. The predicted molar refractivity (Wildman–Crippen MR) is 77.5 cm³/mol. The number of nitrogens with zero attached hydrogens (tertiary/aromatic N) is 2. The van der Waals surface area contributed by atoms with Crippen LogP contribution in [-0.4, -0.2) is 27.5 Å². The molecule has 0 saturated heterocycles. The molecule has 0 atom stereocenters. The minimum Gasteiger partial charge on any atom is -0.481 e. The van der Waals surface area contributed by atoms with Crippen molar-refractivity contribution in [3.63, 3.8) is 0 Å². The largest absolute Gasteiger partial charge is 0.481 e. The van der Waals surface area contributed by atoms with Crippen LogP contribution in [0.15, 0.2) is 12.3 Å². The maximum Gasteiger partial charge on any atom is 0.312 e. The van der Waals surface area contributed by atoms with Gasteiger partial charge in [0.2, 0.25) is 5.82 Å². The first-order valence-electron chi connectivity index (χ1n) is 6.74. The molecule has 1 saturated carbocycles. The molecule has 8 heteroatoms. The molecule has 114 valence electrons. The van der Waals surface area contributed by atoms with Gasteiger partial charge in [-0.05, 0) is 31.6 Å². The van der Waals surface area contributed by atoms with Gasteiger partial charge in [0.15, 0.2) is 0 Å². The van der Waals surface area contributed by atoms with Crippen LogP contribution in [-0.2, 0) is 4.79 Å². The molecule has 0 radical (unpaired) electrons. The van der Waals surface area contributed by atoms with Crippen molar-refractivity contribution in [1.29, 1.82) is 0 Å². The lowest BCUT2D eigenvalue weighted by Crippen LogP contribution is -2.25. The summed E-state index contributed by atoms with van der Waals surface area (Å²) in [6.45, 7) is 0.543. The molecule has 2 rings (SSSR count). The average molecular weight is 314 g/mol. The Hall–Kier alpha value is -1.89. The molecule has 21 heavy (non-hydrogen) atoms. The quantitative estimate of drug-likeness (QED) is 0.639. The van der Waals surface area contributed by atoms with E-state index in [0.717, 1.165) is 12.8 Å². The van der Waals surface area contributed by atoms with Crippen molar-refractivity contribution in [1.82, 2.24) is 4.98 Å². The highest BCUT2D eigenvalue weighted by atomic mass is 35.5. The summed E-state index contributed by atoms with van der Waals surface area (Å²) in [5, 5.41) is 23.1. The van der Waals surface area contributed by atoms with Gasteiger partial charge in [0.05, 0.1) is 15.9 Å². The summed E-state index contributed by atoms with van der Waals surface area (Å²) >= 11 is 5.71. The van der Waals surface area contributed by atoms with Gasteiger partial charge in [-0.1, -0.05) is 11.6 Å². The summed E-state index contributed by atoms with van der Waals surface area (Å²) in [7, 11) is 0. The fourth-order valence-corrected chi connectivity index (χ4v) is 2.71. The topological polar surface area (TPSA) is 105 Å². The first-order valence-corrected chi connectivity index (χ1v) is 7.11. The Balaban J connectivity index is 1.92. The number of rotatable bonds is 5. The highest BCUT2D eigenvalue weighted by molar-refractivity contribution is 6.30. The molecular formula is C13H16ClN3O4. The second-order valence-electron chi connectivity index (χ2n) is 5.22. The van der Waals surface area contributed by atoms with E-state index in [2.05, 4.69) is 10.3 Å². The van der Waals surface area contributed by atoms with Gasteiger partial charge in [-0.3, -0.25) is 14.9 Å². The lowest BCUT2D eigenvalue weighted by molar-refractivity contribution is -0.384. The molecule has 0 aliphatic heterocycles. The van der Waals surface area contributed by atoms with Crippen LogP contribution in [0.2, 0.25) is 5.02 Å². The Morgan fingerprint density at radius 1 is 1.48 bits per heavy atom. The fraction of sp³-hybridized carbons (Fsp3) is 0.538. The second-order valence-corrected chi connectivity index (χ2v) is 5.65. The van der Waals surface area contributed by atoms with Gasteiger partial charge in [-0.2, -0.15) is 0 Å². The van der Waals surface area contributed by atoms with Crippen LogP contribution >= 0.6 is 11.6 Å². The number of nitro groups is 1. The number of hydrogen-bond donors (Lipinski definition) is 2. The van der Waals surface area contributed by atoms with E-state index < -0.39 is 10.9 Å². The third kappa shape index (κ3) is 4.04. The lowest BCUT2D eigenvalue weighted by atomic mass is 9.82. The van der Waals surface area contributed by atoms with Crippen LogP contribution in [0, 0.1) is 22.0 Å². The Bertz CT molecular complexity index is 544. The summed E-state index contributed by atoms with van der Waals surface area (Å²) in [5.41, 5.74) is -0.151. The normalized spacial score (nSPS) is 21.8. The lowest BCUT2D eigenvalue weighted by Gasteiger charge is -2.26. The Labute approximate surface area is 126 Å². The number of nitrogens with one attached hydrogen (secondary N) is 1. The summed E-state index contributed by atoms with van der Waals surface area (Å²) in [4.78, 5) is 25.2. The molecule has 0 spiro atoms. The summed E-state index contributed by atoms with van der Waals surface area (Å²) < 4.78 is 0. The summed E-state index contributed by atoms with van der Waals surface area (Å²) in [5.74, 6) is -0.497. The SMILES string of the molecule is O=C(O)C1CCC(CNc2ncc(Cl)cc2[N+](=O)[O-])CC1. The number of aromatic nitrogens is 1. The maximum absolute atomic E-state index is 10.9.